The highest BCUT2D eigenvalue weighted by Crippen LogP contribution is 2.18. The van der Waals surface area contributed by atoms with Crippen molar-refractivity contribution in [3.63, 3.8) is 0 Å². The van der Waals surface area contributed by atoms with E-state index in [9.17, 15) is 13.2 Å². The van der Waals surface area contributed by atoms with Crippen LogP contribution in [0.5, 0.6) is 0 Å². The summed E-state index contributed by atoms with van der Waals surface area (Å²) >= 11 is 0. The normalized spacial score (nSPS) is 21.3. The van der Waals surface area contributed by atoms with Gasteiger partial charge in [0.1, 0.15) is 0 Å². The molecule has 1 heterocycles. The number of likely N-dealkylation sites (N-methyl/N-ethyl adjacent to an activating group) is 1. The SMILES string of the molecule is CCCCN(C(=O)CNC)C1CCS(=O)(=O)C1.Cl. The fraction of sp³-hybridized carbons (Fsp3) is 0.909. The molecule has 1 fully saturated rings. The van der Waals surface area contributed by atoms with Crippen molar-refractivity contribution >= 4 is 28.2 Å². The third kappa shape index (κ3) is 5.12. The molecule has 18 heavy (non-hydrogen) atoms. The Hall–Kier alpha value is -0.330. The molecule has 1 unspecified atom stereocenters. The molecule has 1 aliphatic heterocycles. The first-order valence-electron chi connectivity index (χ1n) is 6.14. The fourth-order valence-corrected chi connectivity index (χ4v) is 3.84. The summed E-state index contributed by atoms with van der Waals surface area (Å²) in [5, 5.41) is 2.83. The van der Waals surface area contributed by atoms with Crippen LogP contribution in [0.15, 0.2) is 0 Å². The average molecular weight is 299 g/mol. The summed E-state index contributed by atoms with van der Waals surface area (Å²) in [5.74, 6) is 0.349. The molecule has 1 saturated heterocycles. The Kier molecular flexibility index (Phi) is 7.82. The minimum Gasteiger partial charge on any atom is -0.338 e. The van der Waals surface area contributed by atoms with Gasteiger partial charge in [-0.1, -0.05) is 13.3 Å². The molecule has 5 nitrogen and oxygen atoms in total. The van der Waals surface area contributed by atoms with Crippen molar-refractivity contribution in [1.29, 1.82) is 0 Å². The first-order chi connectivity index (χ1) is 8.00. The van der Waals surface area contributed by atoms with Gasteiger partial charge in [0.25, 0.3) is 0 Å². The number of unbranched alkanes of at least 4 members (excludes halogenated alkanes) is 1. The van der Waals surface area contributed by atoms with Gasteiger partial charge in [-0.25, -0.2) is 8.42 Å². The number of carbonyl (C=O) groups excluding carboxylic acids is 1. The van der Waals surface area contributed by atoms with E-state index in [4.69, 9.17) is 0 Å². The van der Waals surface area contributed by atoms with Gasteiger partial charge < -0.3 is 10.2 Å². The Morgan fingerprint density at radius 3 is 2.56 bits per heavy atom. The van der Waals surface area contributed by atoms with Gasteiger partial charge in [0, 0.05) is 12.6 Å². The van der Waals surface area contributed by atoms with Crippen LogP contribution >= 0.6 is 12.4 Å². The number of hydrogen-bond donors (Lipinski definition) is 1. The number of halogens is 1. The Bertz CT molecular complexity index is 359. The van der Waals surface area contributed by atoms with Gasteiger partial charge in [0.15, 0.2) is 9.84 Å². The summed E-state index contributed by atoms with van der Waals surface area (Å²) < 4.78 is 22.9. The molecule has 0 aromatic heterocycles. The van der Waals surface area contributed by atoms with E-state index in [1.54, 1.807) is 11.9 Å². The molecular weight excluding hydrogens is 276 g/mol. The zero-order valence-electron chi connectivity index (χ0n) is 11.0. The first kappa shape index (κ1) is 17.7. The van der Waals surface area contributed by atoms with Crippen LogP contribution < -0.4 is 5.32 Å². The zero-order chi connectivity index (χ0) is 12.9. The largest absolute Gasteiger partial charge is 0.338 e. The van der Waals surface area contributed by atoms with Gasteiger partial charge in [0.2, 0.25) is 5.91 Å². The van der Waals surface area contributed by atoms with Crippen molar-refractivity contribution in [3.8, 4) is 0 Å². The molecule has 0 saturated carbocycles. The number of rotatable bonds is 6. The van der Waals surface area contributed by atoms with Crippen molar-refractivity contribution < 1.29 is 13.2 Å². The molecule has 0 spiro atoms. The summed E-state index contributed by atoms with van der Waals surface area (Å²) in [6, 6.07) is -0.118. The van der Waals surface area contributed by atoms with Crippen molar-refractivity contribution in [2.75, 3.05) is 31.6 Å². The van der Waals surface area contributed by atoms with E-state index in [2.05, 4.69) is 12.2 Å². The smallest absolute Gasteiger partial charge is 0.236 e. The van der Waals surface area contributed by atoms with Crippen LogP contribution in [0.25, 0.3) is 0 Å². The molecule has 0 radical (unpaired) electrons. The maximum absolute atomic E-state index is 11.9. The number of nitrogens with zero attached hydrogens (tertiary/aromatic N) is 1. The summed E-state index contributed by atoms with van der Waals surface area (Å²) in [6.45, 7) is 3.00. The van der Waals surface area contributed by atoms with Crippen LogP contribution in [0, 0.1) is 0 Å². The number of hydrogen-bond acceptors (Lipinski definition) is 4. The van der Waals surface area contributed by atoms with E-state index in [0.29, 0.717) is 13.0 Å². The molecule has 1 aliphatic rings. The molecule has 1 rings (SSSR count). The molecular formula is C11H23ClN2O3S. The lowest BCUT2D eigenvalue weighted by Crippen LogP contribution is -2.45. The lowest BCUT2D eigenvalue weighted by atomic mass is 10.2. The van der Waals surface area contributed by atoms with E-state index in [1.807, 2.05) is 0 Å². The van der Waals surface area contributed by atoms with Gasteiger partial charge in [-0.3, -0.25) is 4.79 Å². The molecule has 0 aromatic carbocycles. The van der Waals surface area contributed by atoms with E-state index >= 15 is 0 Å². The Balaban J connectivity index is 0.00000289. The molecule has 0 bridgehead atoms. The molecule has 0 aromatic rings. The summed E-state index contributed by atoms with van der Waals surface area (Å²) in [4.78, 5) is 13.7. The zero-order valence-corrected chi connectivity index (χ0v) is 12.6. The molecule has 7 heteroatoms. The second kappa shape index (κ2) is 7.96. The van der Waals surface area contributed by atoms with Gasteiger partial charge in [-0.05, 0) is 19.9 Å². The predicted molar refractivity (Wildman–Crippen MR) is 74.9 cm³/mol. The quantitative estimate of drug-likeness (QED) is 0.773. The number of carbonyl (C=O) groups is 1. The van der Waals surface area contributed by atoms with Crippen molar-refractivity contribution in [3.05, 3.63) is 0 Å². The third-order valence-electron chi connectivity index (χ3n) is 3.05. The molecule has 1 atom stereocenters. The number of nitrogens with one attached hydrogen (secondary N) is 1. The topological polar surface area (TPSA) is 66.5 Å². The monoisotopic (exact) mass is 298 g/mol. The maximum Gasteiger partial charge on any atom is 0.236 e. The molecule has 1 N–H and O–H groups in total. The Morgan fingerprint density at radius 1 is 1.44 bits per heavy atom. The second-order valence-corrected chi connectivity index (χ2v) is 6.76. The Morgan fingerprint density at radius 2 is 2.11 bits per heavy atom. The van der Waals surface area contributed by atoms with Gasteiger partial charge >= 0.3 is 0 Å². The molecule has 1 amide bonds. The first-order valence-corrected chi connectivity index (χ1v) is 7.96. The molecule has 0 aliphatic carbocycles. The van der Waals surface area contributed by atoms with Crippen LogP contribution in [-0.2, 0) is 14.6 Å². The number of amides is 1. The van der Waals surface area contributed by atoms with E-state index < -0.39 is 9.84 Å². The lowest BCUT2D eigenvalue weighted by Gasteiger charge is -2.28. The average Bonchev–Trinajstić information content (AvgIpc) is 2.60. The van der Waals surface area contributed by atoms with Gasteiger partial charge in [-0.15, -0.1) is 12.4 Å². The van der Waals surface area contributed by atoms with Gasteiger partial charge in [-0.2, -0.15) is 0 Å². The van der Waals surface area contributed by atoms with Crippen LogP contribution in [0.3, 0.4) is 0 Å². The van der Waals surface area contributed by atoms with Crippen LogP contribution in [0.1, 0.15) is 26.2 Å². The van der Waals surface area contributed by atoms with Crippen LogP contribution in [0.4, 0.5) is 0 Å². The second-order valence-electron chi connectivity index (χ2n) is 4.53. The summed E-state index contributed by atoms with van der Waals surface area (Å²) in [7, 11) is -1.20. The highest BCUT2D eigenvalue weighted by molar-refractivity contribution is 7.91. The fourth-order valence-electron chi connectivity index (χ4n) is 2.11. The molecule has 108 valence electrons. The third-order valence-corrected chi connectivity index (χ3v) is 4.80. The van der Waals surface area contributed by atoms with Gasteiger partial charge in [0.05, 0.1) is 18.1 Å². The lowest BCUT2D eigenvalue weighted by molar-refractivity contribution is -0.132. The highest BCUT2D eigenvalue weighted by atomic mass is 35.5. The minimum atomic E-state index is -2.93. The van der Waals surface area contributed by atoms with Crippen molar-refractivity contribution in [2.45, 2.75) is 32.2 Å². The predicted octanol–water partition coefficient (Wildman–Crippen LogP) is 0.443. The summed E-state index contributed by atoms with van der Waals surface area (Å²) in [6.07, 6.45) is 2.51. The number of sulfone groups is 1. The van der Waals surface area contributed by atoms with Crippen molar-refractivity contribution in [2.24, 2.45) is 0 Å². The summed E-state index contributed by atoms with van der Waals surface area (Å²) in [5.41, 5.74) is 0. The van der Waals surface area contributed by atoms with E-state index in [-0.39, 0.29) is 42.4 Å². The van der Waals surface area contributed by atoms with E-state index in [0.717, 1.165) is 12.8 Å². The van der Waals surface area contributed by atoms with E-state index in [1.165, 1.54) is 0 Å². The highest BCUT2D eigenvalue weighted by Gasteiger charge is 2.33. The standard InChI is InChI=1S/C11H22N2O3S.ClH/c1-3-4-6-13(11(14)8-12-2)10-5-7-17(15,16)9-10;/h10,12H,3-9H2,1-2H3;1H. The maximum atomic E-state index is 11.9. The van der Waals surface area contributed by atoms with Crippen molar-refractivity contribution in [1.82, 2.24) is 10.2 Å². The minimum absolute atomic E-state index is 0. The Labute approximate surface area is 116 Å². The van der Waals surface area contributed by atoms with Crippen LogP contribution in [-0.4, -0.2) is 56.9 Å². The van der Waals surface area contributed by atoms with Crippen LogP contribution in [0.2, 0.25) is 0 Å².